The summed E-state index contributed by atoms with van der Waals surface area (Å²) < 4.78 is 6.87. The largest absolute Gasteiger partial charge is 0.316 e. The molecule has 10 rings (SSSR count). The van der Waals surface area contributed by atoms with Gasteiger partial charge in [0.25, 0.3) is 0 Å². The van der Waals surface area contributed by atoms with Crippen LogP contribution in [0.25, 0.3) is 83.0 Å². The van der Waals surface area contributed by atoms with E-state index >= 15 is 0 Å². The van der Waals surface area contributed by atoms with E-state index in [1.807, 2.05) is 0 Å². The van der Waals surface area contributed by atoms with Gasteiger partial charge < -0.3 is 4.57 Å². The number of pyridine rings is 1. The Kier molecular flexibility index (Phi) is 5.54. The van der Waals surface area contributed by atoms with Crippen LogP contribution >= 0.6 is 0 Å². The number of rotatable bonds is 4. The van der Waals surface area contributed by atoms with Gasteiger partial charge in [-0.25, -0.2) is 4.98 Å². The number of benzene rings is 6. The average Bonchev–Trinajstić information content (AvgIpc) is 3.84. The van der Waals surface area contributed by atoms with Gasteiger partial charge in [0.2, 0.25) is 5.95 Å². The molecule has 0 atom stereocenters. The molecular weight excluding hydrogens is 573 g/mol. The van der Waals surface area contributed by atoms with Crippen LogP contribution in [-0.4, -0.2) is 18.5 Å². The Morgan fingerprint density at radius 3 is 2.02 bits per heavy atom. The van der Waals surface area contributed by atoms with Crippen LogP contribution in [0.1, 0.15) is 0 Å². The normalized spacial score (nSPS) is 11.8. The Morgan fingerprint density at radius 2 is 1.11 bits per heavy atom. The molecule has 4 aromatic heterocycles. The molecule has 0 spiro atoms. The molecule has 0 unspecified atom stereocenters. The lowest BCUT2D eigenvalue weighted by Crippen LogP contribution is -2.01. The molecule has 4 nitrogen and oxygen atoms in total. The molecule has 0 N–H and O–H groups in total. The van der Waals surface area contributed by atoms with Crippen LogP contribution in [0.15, 0.2) is 170 Å². The van der Waals surface area contributed by atoms with Crippen molar-refractivity contribution < 1.29 is 0 Å². The van der Waals surface area contributed by atoms with E-state index < -0.39 is 0 Å². The number of para-hydroxylation sites is 2. The standard InChI is InChI=1S/C43H28N4/c1-2-15-30(16-3-1)45-28-26-37-38(45)25-24-36-34-19-8-9-22-39(34)47(42(36)37)43-44-41(40-23-10-11-27-46(40)43)35-20-7-6-18-33(35)32-21-12-14-29-13-4-5-17-31(29)32/h1-28H. The molecule has 4 heteroatoms. The van der Waals surface area contributed by atoms with Crippen molar-refractivity contribution in [3.8, 4) is 34.0 Å². The van der Waals surface area contributed by atoms with Gasteiger partial charge in [0.15, 0.2) is 0 Å². The van der Waals surface area contributed by atoms with Crippen LogP contribution in [0, 0.1) is 0 Å². The summed E-state index contributed by atoms with van der Waals surface area (Å²) in [5.41, 5.74) is 10.1. The monoisotopic (exact) mass is 600 g/mol. The van der Waals surface area contributed by atoms with Gasteiger partial charge in [0.05, 0.1) is 27.8 Å². The van der Waals surface area contributed by atoms with Crippen molar-refractivity contribution in [1.82, 2.24) is 18.5 Å². The van der Waals surface area contributed by atoms with Gasteiger partial charge in [-0.15, -0.1) is 0 Å². The number of imidazole rings is 1. The predicted molar refractivity (Wildman–Crippen MR) is 195 cm³/mol. The van der Waals surface area contributed by atoms with Gasteiger partial charge in [-0.1, -0.05) is 115 Å². The predicted octanol–water partition coefficient (Wildman–Crippen LogP) is 10.9. The highest BCUT2D eigenvalue weighted by Crippen LogP contribution is 2.41. The molecule has 0 saturated carbocycles. The first-order valence-corrected chi connectivity index (χ1v) is 16.0. The van der Waals surface area contributed by atoms with Crippen molar-refractivity contribution in [2.24, 2.45) is 0 Å². The summed E-state index contributed by atoms with van der Waals surface area (Å²) in [5.74, 6) is 0.870. The van der Waals surface area contributed by atoms with Crippen LogP contribution in [0.2, 0.25) is 0 Å². The van der Waals surface area contributed by atoms with Gasteiger partial charge >= 0.3 is 0 Å². The SMILES string of the molecule is c1ccc(-n2ccc3c2ccc2c4ccccc4n(-c4nc(-c5ccccc5-c5cccc6ccccc56)c5ccccn45)c23)cc1. The van der Waals surface area contributed by atoms with Crippen LogP contribution in [0.5, 0.6) is 0 Å². The third-order valence-corrected chi connectivity index (χ3v) is 9.53. The Bertz CT molecular complexity index is 2790. The first-order valence-electron chi connectivity index (χ1n) is 16.0. The zero-order valence-corrected chi connectivity index (χ0v) is 25.5. The Morgan fingerprint density at radius 1 is 0.404 bits per heavy atom. The first-order chi connectivity index (χ1) is 23.3. The summed E-state index contributed by atoms with van der Waals surface area (Å²) in [6, 6.07) is 56.2. The maximum absolute atomic E-state index is 5.56. The van der Waals surface area contributed by atoms with Crippen LogP contribution < -0.4 is 0 Å². The Balaban J connectivity index is 1.29. The van der Waals surface area contributed by atoms with Gasteiger partial charge in [0, 0.05) is 39.8 Å². The second kappa shape index (κ2) is 10.1. The average molecular weight is 601 g/mol. The second-order valence-corrected chi connectivity index (χ2v) is 12.1. The molecule has 0 radical (unpaired) electrons. The molecule has 0 amide bonds. The van der Waals surface area contributed by atoms with Crippen molar-refractivity contribution >= 4 is 49.0 Å². The Labute approximate surface area is 271 Å². The molecule has 0 fully saturated rings. The summed E-state index contributed by atoms with van der Waals surface area (Å²) in [5, 5.41) is 6.07. The molecular formula is C43H28N4. The highest BCUT2D eigenvalue weighted by Gasteiger charge is 2.23. The quantitative estimate of drug-likeness (QED) is 0.197. The zero-order chi connectivity index (χ0) is 30.9. The minimum absolute atomic E-state index is 0.870. The lowest BCUT2D eigenvalue weighted by atomic mass is 9.93. The van der Waals surface area contributed by atoms with Gasteiger partial charge in [-0.3, -0.25) is 8.97 Å². The molecule has 220 valence electrons. The van der Waals surface area contributed by atoms with Crippen LogP contribution in [-0.2, 0) is 0 Å². The van der Waals surface area contributed by atoms with E-state index in [2.05, 4.69) is 184 Å². The van der Waals surface area contributed by atoms with Crippen molar-refractivity contribution in [1.29, 1.82) is 0 Å². The van der Waals surface area contributed by atoms with E-state index in [0.717, 1.165) is 45.0 Å². The van der Waals surface area contributed by atoms with Crippen LogP contribution in [0.4, 0.5) is 0 Å². The molecule has 0 bridgehead atoms. The smallest absolute Gasteiger partial charge is 0.220 e. The van der Waals surface area contributed by atoms with Crippen molar-refractivity contribution in [3.05, 3.63) is 170 Å². The van der Waals surface area contributed by atoms with Crippen molar-refractivity contribution in [2.75, 3.05) is 0 Å². The molecule has 0 aliphatic heterocycles. The minimum Gasteiger partial charge on any atom is -0.316 e. The lowest BCUT2D eigenvalue weighted by Gasteiger charge is -2.11. The van der Waals surface area contributed by atoms with E-state index in [9.17, 15) is 0 Å². The number of hydrogen-bond acceptors (Lipinski definition) is 1. The zero-order valence-electron chi connectivity index (χ0n) is 25.5. The fourth-order valence-corrected chi connectivity index (χ4v) is 7.46. The lowest BCUT2D eigenvalue weighted by molar-refractivity contribution is 0.986. The van der Waals surface area contributed by atoms with Gasteiger partial charge in [-0.2, -0.15) is 0 Å². The Hall–Kier alpha value is -6.39. The maximum atomic E-state index is 5.56. The summed E-state index contributed by atoms with van der Waals surface area (Å²) in [4.78, 5) is 5.56. The van der Waals surface area contributed by atoms with E-state index in [1.165, 1.54) is 38.1 Å². The minimum atomic E-state index is 0.870. The number of hydrogen-bond donors (Lipinski definition) is 0. The number of nitrogens with zero attached hydrogens (tertiary/aromatic N) is 4. The summed E-state index contributed by atoms with van der Waals surface area (Å²) in [6.07, 6.45) is 4.31. The molecule has 10 aromatic rings. The van der Waals surface area contributed by atoms with E-state index in [1.54, 1.807) is 0 Å². The molecule has 0 aliphatic carbocycles. The maximum Gasteiger partial charge on any atom is 0.220 e. The fraction of sp³-hybridized carbons (Fsp3) is 0. The number of fused-ring (bicyclic) bond motifs is 7. The molecule has 0 saturated heterocycles. The summed E-state index contributed by atoms with van der Waals surface area (Å²) >= 11 is 0. The third kappa shape index (κ3) is 3.79. The second-order valence-electron chi connectivity index (χ2n) is 12.1. The highest BCUT2D eigenvalue weighted by molar-refractivity contribution is 6.18. The van der Waals surface area contributed by atoms with Crippen molar-refractivity contribution in [2.45, 2.75) is 0 Å². The van der Waals surface area contributed by atoms with Crippen LogP contribution in [0.3, 0.4) is 0 Å². The van der Waals surface area contributed by atoms with Gasteiger partial charge in [0.1, 0.15) is 0 Å². The molecule has 4 heterocycles. The van der Waals surface area contributed by atoms with E-state index in [4.69, 9.17) is 4.98 Å². The summed E-state index contributed by atoms with van der Waals surface area (Å²) in [7, 11) is 0. The number of aromatic nitrogens is 4. The topological polar surface area (TPSA) is 27.2 Å². The van der Waals surface area contributed by atoms with E-state index in [0.29, 0.717) is 0 Å². The van der Waals surface area contributed by atoms with E-state index in [-0.39, 0.29) is 0 Å². The highest BCUT2D eigenvalue weighted by atomic mass is 15.2. The fourth-order valence-electron chi connectivity index (χ4n) is 7.46. The third-order valence-electron chi connectivity index (χ3n) is 9.53. The molecule has 6 aromatic carbocycles. The van der Waals surface area contributed by atoms with Crippen molar-refractivity contribution in [3.63, 3.8) is 0 Å². The van der Waals surface area contributed by atoms with Gasteiger partial charge in [-0.05, 0) is 64.4 Å². The summed E-state index contributed by atoms with van der Waals surface area (Å²) in [6.45, 7) is 0. The first kappa shape index (κ1) is 25.9. The molecule has 47 heavy (non-hydrogen) atoms. The molecule has 0 aliphatic rings.